The van der Waals surface area contributed by atoms with E-state index in [4.69, 9.17) is 21.5 Å². The molecule has 3 N–H and O–H groups in total. The molecule has 6 nitrogen and oxygen atoms in total. The van der Waals surface area contributed by atoms with E-state index in [-0.39, 0.29) is 10.5 Å². The van der Waals surface area contributed by atoms with Gasteiger partial charge in [0.15, 0.2) is 0 Å². The maximum Gasteiger partial charge on any atom is 0.255 e. The third-order valence-corrected chi connectivity index (χ3v) is 4.67. The third kappa shape index (κ3) is 4.05. The fourth-order valence-corrected chi connectivity index (χ4v) is 2.96. The van der Waals surface area contributed by atoms with Gasteiger partial charge in [-0.15, -0.1) is 0 Å². The van der Waals surface area contributed by atoms with Crippen molar-refractivity contribution in [3.8, 4) is 5.75 Å². The van der Waals surface area contributed by atoms with E-state index in [2.05, 4.69) is 5.32 Å². The standard InChI is InChI=1S/C16H17ClN2O4S/c1-9-4-11(7-12(5-9)24(18,21)22)16(20)19-14-6-10(2)13(17)8-15(14)23-3/h4-8H,1-3H3,(H,19,20)(H2,18,21,22). The van der Waals surface area contributed by atoms with Crippen molar-refractivity contribution < 1.29 is 17.9 Å². The first-order valence-electron chi connectivity index (χ1n) is 6.92. The van der Waals surface area contributed by atoms with Crippen molar-refractivity contribution in [3.63, 3.8) is 0 Å². The lowest BCUT2D eigenvalue weighted by atomic mass is 10.1. The number of amides is 1. The molecule has 0 saturated heterocycles. The predicted octanol–water partition coefficient (Wildman–Crippen LogP) is 2.87. The van der Waals surface area contributed by atoms with E-state index < -0.39 is 15.9 Å². The van der Waals surface area contributed by atoms with Gasteiger partial charge in [0, 0.05) is 16.7 Å². The molecule has 0 fully saturated rings. The molecular formula is C16H17ClN2O4S. The second kappa shape index (κ2) is 6.80. The van der Waals surface area contributed by atoms with E-state index in [0.29, 0.717) is 22.0 Å². The SMILES string of the molecule is COc1cc(Cl)c(C)cc1NC(=O)c1cc(C)cc(S(N)(=O)=O)c1. The fourth-order valence-electron chi connectivity index (χ4n) is 2.17. The first-order valence-corrected chi connectivity index (χ1v) is 8.84. The lowest BCUT2D eigenvalue weighted by Gasteiger charge is -2.13. The topological polar surface area (TPSA) is 98.5 Å². The normalized spacial score (nSPS) is 11.2. The van der Waals surface area contributed by atoms with Gasteiger partial charge in [0.2, 0.25) is 10.0 Å². The molecule has 0 spiro atoms. The molecule has 24 heavy (non-hydrogen) atoms. The van der Waals surface area contributed by atoms with E-state index in [1.807, 2.05) is 0 Å². The highest BCUT2D eigenvalue weighted by atomic mass is 35.5. The van der Waals surface area contributed by atoms with E-state index in [1.54, 1.807) is 32.0 Å². The van der Waals surface area contributed by atoms with Gasteiger partial charge in [0.25, 0.3) is 5.91 Å². The molecule has 2 aromatic carbocycles. The van der Waals surface area contributed by atoms with E-state index >= 15 is 0 Å². The Labute approximate surface area is 145 Å². The Morgan fingerprint density at radius 1 is 1.17 bits per heavy atom. The molecule has 0 bridgehead atoms. The number of sulfonamides is 1. The van der Waals surface area contributed by atoms with Crippen LogP contribution in [0.15, 0.2) is 35.2 Å². The van der Waals surface area contributed by atoms with Gasteiger partial charge >= 0.3 is 0 Å². The van der Waals surface area contributed by atoms with Gasteiger partial charge in [-0.25, -0.2) is 13.6 Å². The zero-order valence-electron chi connectivity index (χ0n) is 13.4. The van der Waals surface area contributed by atoms with Crippen LogP contribution in [-0.2, 0) is 10.0 Å². The number of hydrogen-bond donors (Lipinski definition) is 2. The Balaban J connectivity index is 2.41. The monoisotopic (exact) mass is 368 g/mol. The summed E-state index contributed by atoms with van der Waals surface area (Å²) in [5.74, 6) is -0.0816. The molecule has 0 aromatic heterocycles. The Morgan fingerprint density at radius 3 is 2.42 bits per heavy atom. The van der Waals surface area contributed by atoms with Crippen molar-refractivity contribution in [2.45, 2.75) is 18.7 Å². The number of ether oxygens (including phenoxy) is 1. The van der Waals surface area contributed by atoms with Crippen molar-refractivity contribution >= 4 is 33.2 Å². The van der Waals surface area contributed by atoms with Crippen molar-refractivity contribution in [1.29, 1.82) is 0 Å². The van der Waals surface area contributed by atoms with Crippen LogP contribution < -0.4 is 15.2 Å². The van der Waals surface area contributed by atoms with Crippen LogP contribution in [0.3, 0.4) is 0 Å². The number of methoxy groups -OCH3 is 1. The van der Waals surface area contributed by atoms with Crippen molar-refractivity contribution in [1.82, 2.24) is 0 Å². The molecule has 0 aliphatic carbocycles. The molecule has 0 atom stereocenters. The molecular weight excluding hydrogens is 352 g/mol. The molecule has 0 unspecified atom stereocenters. The van der Waals surface area contributed by atoms with Gasteiger partial charge in [-0.1, -0.05) is 11.6 Å². The minimum absolute atomic E-state index is 0.119. The molecule has 1 amide bonds. The molecule has 128 valence electrons. The van der Waals surface area contributed by atoms with E-state index in [1.165, 1.54) is 19.2 Å². The van der Waals surface area contributed by atoms with Crippen LogP contribution in [0.4, 0.5) is 5.69 Å². The molecule has 0 aliphatic heterocycles. The maximum absolute atomic E-state index is 12.5. The Kier molecular flexibility index (Phi) is 5.17. The van der Waals surface area contributed by atoms with Crippen LogP contribution in [0.1, 0.15) is 21.5 Å². The molecule has 0 radical (unpaired) electrons. The van der Waals surface area contributed by atoms with Gasteiger partial charge < -0.3 is 10.1 Å². The second-order valence-corrected chi connectivity index (χ2v) is 7.30. The number of anilines is 1. The average Bonchev–Trinajstić information content (AvgIpc) is 2.49. The number of carbonyl (C=O) groups is 1. The fraction of sp³-hybridized carbons (Fsp3) is 0.188. The third-order valence-electron chi connectivity index (χ3n) is 3.37. The van der Waals surface area contributed by atoms with Crippen LogP contribution in [0.5, 0.6) is 5.75 Å². The van der Waals surface area contributed by atoms with Crippen LogP contribution in [0.25, 0.3) is 0 Å². The largest absolute Gasteiger partial charge is 0.495 e. The minimum Gasteiger partial charge on any atom is -0.495 e. The van der Waals surface area contributed by atoms with Gasteiger partial charge in [-0.05, 0) is 49.2 Å². The van der Waals surface area contributed by atoms with Crippen molar-refractivity contribution in [3.05, 3.63) is 52.0 Å². The molecule has 0 saturated carbocycles. The number of hydrogen-bond acceptors (Lipinski definition) is 4. The number of aryl methyl sites for hydroxylation is 2. The molecule has 0 heterocycles. The highest BCUT2D eigenvalue weighted by molar-refractivity contribution is 7.89. The number of halogens is 1. The van der Waals surface area contributed by atoms with Gasteiger partial charge in [-0.2, -0.15) is 0 Å². The van der Waals surface area contributed by atoms with Crippen LogP contribution in [0, 0.1) is 13.8 Å². The molecule has 2 aromatic rings. The molecule has 0 aliphatic rings. The second-order valence-electron chi connectivity index (χ2n) is 5.34. The molecule has 8 heteroatoms. The van der Waals surface area contributed by atoms with Crippen molar-refractivity contribution in [2.24, 2.45) is 5.14 Å². The van der Waals surface area contributed by atoms with Crippen LogP contribution in [0.2, 0.25) is 5.02 Å². The Bertz CT molecular complexity index is 911. The average molecular weight is 369 g/mol. The van der Waals surface area contributed by atoms with E-state index in [0.717, 1.165) is 5.56 Å². The first kappa shape index (κ1) is 18.3. The summed E-state index contributed by atoms with van der Waals surface area (Å²) in [5.41, 5.74) is 1.98. The minimum atomic E-state index is -3.90. The van der Waals surface area contributed by atoms with Gasteiger partial charge in [0.1, 0.15) is 5.75 Å². The summed E-state index contributed by atoms with van der Waals surface area (Å²) in [6.45, 7) is 3.47. The van der Waals surface area contributed by atoms with Crippen molar-refractivity contribution in [2.75, 3.05) is 12.4 Å². The Hall–Kier alpha value is -2.09. The summed E-state index contributed by atoms with van der Waals surface area (Å²) >= 11 is 6.04. The lowest BCUT2D eigenvalue weighted by molar-refractivity contribution is 0.102. The number of benzene rings is 2. The molecule has 2 rings (SSSR count). The highest BCUT2D eigenvalue weighted by Gasteiger charge is 2.16. The number of carbonyl (C=O) groups excluding carboxylic acids is 1. The lowest BCUT2D eigenvalue weighted by Crippen LogP contribution is -2.16. The van der Waals surface area contributed by atoms with Gasteiger partial charge in [0.05, 0.1) is 17.7 Å². The summed E-state index contributed by atoms with van der Waals surface area (Å²) in [7, 11) is -2.44. The van der Waals surface area contributed by atoms with Crippen LogP contribution >= 0.6 is 11.6 Å². The zero-order valence-corrected chi connectivity index (χ0v) is 15.0. The number of nitrogens with two attached hydrogens (primary N) is 1. The maximum atomic E-state index is 12.5. The number of rotatable bonds is 4. The first-order chi connectivity index (χ1) is 11.1. The number of primary sulfonamides is 1. The summed E-state index contributed by atoms with van der Waals surface area (Å²) in [5, 5.41) is 8.34. The smallest absolute Gasteiger partial charge is 0.255 e. The van der Waals surface area contributed by atoms with Crippen LogP contribution in [-0.4, -0.2) is 21.4 Å². The number of nitrogens with one attached hydrogen (secondary N) is 1. The van der Waals surface area contributed by atoms with E-state index in [9.17, 15) is 13.2 Å². The summed E-state index contributed by atoms with van der Waals surface area (Å²) < 4.78 is 28.2. The predicted molar refractivity (Wildman–Crippen MR) is 93.2 cm³/mol. The summed E-state index contributed by atoms with van der Waals surface area (Å²) in [6.07, 6.45) is 0. The summed E-state index contributed by atoms with van der Waals surface area (Å²) in [6, 6.07) is 7.47. The summed E-state index contributed by atoms with van der Waals surface area (Å²) in [4.78, 5) is 12.4. The Morgan fingerprint density at radius 2 is 1.83 bits per heavy atom. The quantitative estimate of drug-likeness (QED) is 0.866. The van der Waals surface area contributed by atoms with Gasteiger partial charge in [-0.3, -0.25) is 4.79 Å². The highest BCUT2D eigenvalue weighted by Crippen LogP contribution is 2.31. The zero-order chi connectivity index (χ0) is 18.1.